The molecule has 0 N–H and O–H groups in total. The van der Waals surface area contributed by atoms with Gasteiger partial charge in [-0.1, -0.05) is 0 Å². The normalized spacial score (nSPS) is 11.7. The van der Waals surface area contributed by atoms with Crippen LogP contribution in [0.4, 0.5) is 0 Å². The van der Waals surface area contributed by atoms with Gasteiger partial charge in [-0.2, -0.15) is 10.4 Å². The number of rotatable bonds is 4. The van der Waals surface area contributed by atoms with Gasteiger partial charge in [0.15, 0.2) is 0 Å². The minimum absolute atomic E-state index is 0.0187. The molecule has 0 aliphatic carbocycles. The molecule has 2 aromatic heterocycles. The van der Waals surface area contributed by atoms with Gasteiger partial charge in [0.1, 0.15) is 23.9 Å². The van der Waals surface area contributed by atoms with Gasteiger partial charge in [-0.25, -0.2) is 17.4 Å². The van der Waals surface area contributed by atoms with Crippen LogP contribution >= 0.6 is 0 Å². The molecule has 0 aromatic carbocycles. The van der Waals surface area contributed by atoms with Crippen LogP contribution in [0.2, 0.25) is 0 Å². The molecule has 0 spiro atoms. The maximum atomic E-state index is 12.2. The minimum atomic E-state index is -3.68. The first kappa shape index (κ1) is 16.9. The molecule has 8 nitrogen and oxygen atoms in total. The lowest BCUT2D eigenvalue weighted by molar-refractivity contribution is 0.384. The van der Waals surface area contributed by atoms with Gasteiger partial charge >= 0.3 is 0 Å². The van der Waals surface area contributed by atoms with Crippen LogP contribution in [0.1, 0.15) is 22.6 Å². The summed E-state index contributed by atoms with van der Waals surface area (Å²) in [4.78, 5) is 12.2. The Morgan fingerprint density at radius 3 is 2.57 bits per heavy atom. The Morgan fingerprint density at radius 1 is 1.35 bits per heavy atom. The molecule has 0 bridgehead atoms. The number of aromatic nitrogens is 2. The van der Waals surface area contributed by atoms with Crippen molar-refractivity contribution in [1.82, 2.24) is 14.1 Å². The summed E-state index contributed by atoms with van der Waals surface area (Å²) < 4.78 is 31.4. The molecular weight excluding hydrogens is 320 g/mol. The molecule has 0 amide bonds. The van der Waals surface area contributed by atoms with Crippen LogP contribution in [0.15, 0.2) is 26.4 Å². The third kappa shape index (κ3) is 3.04. The highest BCUT2D eigenvalue weighted by Crippen LogP contribution is 2.17. The number of aryl methyl sites for hydroxylation is 1. The zero-order valence-corrected chi connectivity index (χ0v) is 14.0. The van der Waals surface area contributed by atoms with E-state index in [2.05, 4.69) is 5.10 Å². The first-order valence-electron chi connectivity index (χ1n) is 6.68. The van der Waals surface area contributed by atoms with E-state index in [4.69, 9.17) is 9.68 Å². The molecule has 9 heteroatoms. The Hall–Kier alpha value is -2.44. The van der Waals surface area contributed by atoms with Gasteiger partial charge in [-0.3, -0.25) is 4.79 Å². The zero-order valence-electron chi connectivity index (χ0n) is 13.2. The van der Waals surface area contributed by atoms with Crippen molar-refractivity contribution >= 4 is 10.0 Å². The molecule has 2 aromatic rings. The lowest BCUT2D eigenvalue weighted by Crippen LogP contribution is -2.27. The van der Waals surface area contributed by atoms with Crippen LogP contribution in [0, 0.1) is 25.2 Å². The molecule has 0 saturated heterocycles. The summed E-state index contributed by atoms with van der Waals surface area (Å²) in [5, 5.41) is 13.0. The minimum Gasteiger partial charge on any atom is -0.446 e. The molecule has 23 heavy (non-hydrogen) atoms. The van der Waals surface area contributed by atoms with Crippen molar-refractivity contribution in [1.29, 1.82) is 5.26 Å². The number of sulfonamides is 1. The second kappa shape index (κ2) is 5.98. The van der Waals surface area contributed by atoms with Crippen molar-refractivity contribution in [2.75, 3.05) is 14.1 Å². The lowest BCUT2D eigenvalue weighted by atomic mass is 10.1. The van der Waals surface area contributed by atoms with Gasteiger partial charge in [0, 0.05) is 14.1 Å². The summed E-state index contributed by atoms with van der Waals surface area (Å²) in [5.41, 5.74) is 0.562. The topological polar surface area (TPSA) is 109 Å². The van der Waals surface area contributed by atoms with Crippen molar-refractivity contribution in [3.63, 3.8) is 0 Å². The summed E-state index contributed by atoms with van der Waals surface area (Å²) in [6, 6.07) is 4.65. The molecule has 0 atom stereocenters. The number of nitrogens with zero attached hydrogens (tertiary/aromatic N) is 4. The molecule has 122 valence electrons. The van der Waals surface area contributed by atoms with Gasteiger partial charge in [0.05, 0.1) is 5.69 Å². The standard InChI is InChI=1S/C14H16N4O4S/c1-9-10(2)16-18(14(19)12(9)7-15)8-11-5-6-13(22-11)23(20,21)17(3)4/h5-6H,8H2,1-4H3. The van der Waals surface area contributed by atoms with Crippen LogP contribution < -0.4 is 5.56 Å². The maximum absolute atomic E-state index is 12.2. The summed E-state index contributed by atoms with van der Waals surface area (Å²) in [5.74, 6) is 0.257. The summed E-state index contributed by atoms with van der Waals surface area (Å²) in [6.45, 7) is 3.29. The van der Waals surface area contributed by atoms with Gasteiger partial charge in [-0.15, -0.1) is 0 Å². The third-order valence-electron chi connectivity index (χ3n) is 3.43. The van der Waals surface area contributed by atoms with E-state index in [9.17, 15) is 13.2 Å². The van der Waals surface area contributed by atoms with E-state index in [1.54, 1.807) is 13.8 Å². The number of nitriles is 1. The van der Waals surface area contributed by atoms with Gasteiger partial charge in [0.2, 0.25) is 5.09 Å². The quantitative estimate of drug-likeness (QED) is 0.810. The van der Waals surface area contributed by atoms with Crippen molar-refractivity contribution in [2.24, 2.45) is 0 Å². The van der Waals surface area contributed by atoms with Crippen molar-refractivity contribution in [2.45, 2.75) is 25.5 Å². The van der Waals surface area contributed by atoms with Gasteiger partial charge < -0.3 is 4.42 Å². The van der Waals surface area contributed by atoms with E-state index in [0.717, 1.165) is 8.99 Å². The van der Waals surface area contributed by atoms with Crippen LogP contribution in [-0.4, -0.2) is 36.6 Å². The Morgan fingerprint density at radius 2 is 2.00 bits per heavy atom. The second-order valence-electron chi connectivity index (χ2n) is 5.17. The zero-order chi connectivity index (χ0) is 17.4. The predicted molar refractivity (Wildman–Crippen MR) is 81.4 cm³/mol. The van der Waals surface area contributed by atoms with Crippen LogP contribution in [0.5, 0.6) is 0 Å². The molecule has 2 rings (SSSR count). The molecule has 0 unspecified atom stereocenters. The summed E-state index contributed by atoms with van der Waals surface area (Å²) >= 11 is 0. The Bertz CT molecular complexity index is 948. The van der Waals surface area contributed by atoms with Crippen LogP contribution in [-0.2, 0) is 16.6 Å². The number of hydrogen-bond donors (Lipinski definition) is 0. The fourth-order valence-corrected chi connectivity index (χ4v) is 2.73. The predicted octanol–water partition coefficient (Wildman–Crippen LogP) is 0.623. The Kier molecular flexibility index (Phi) is 4.40. The molecule has 0 aliphatic rings. The molecule has 0 saturated carbocycles. The summed E-state index contributed by atoms with van der Waals surface area (Å²) in [7, 11) is -0.890. The van der Waals surface area contributed by atoms with Crippen LogP contribution in [0.25, 0.3) is 0 Å². The average molecular weight is 336 g/mol. The molecule has 2 heterocycles. The molecule has 0 aliphatic heterocycles. The fourth-order valence-electron chi connectivity index (χ4n) is 1.92. The maximum Gasteiger partial charge on any atom is 0.285 e. The average Bonchev–Trinajstić information content (AvgIpc) is 2.94. The fraction of sp³-hybridized carbons (Fsp3) is 0.357. The molecule has 0 radical (unpaired) electrons. The first-order chi connectivity index (χ1) is 10.7. The summed E-state index contributed by atoms with van der Waals surface area (Å²) in [6.07, 6.45) is 0. The first-order valence-corrected chi connectivity index (χ1v) is 8.12. The Labute approximate surface area is 133 Å². The van der Waals surface area contributed by atoms with E-state index in [1.165, 1.54) is 26.2 Å². The SMILES string of the molecule is Cc1nn(Cc2ccc(S(=O)(=O)N(C)C)o2)c(=O)c(C#N)c1C. The molecule has 0 fully saturated rings. The highest BCUT2D eigenvalue weighted by molar-refractivity contribution is 7.88. The molecular formula is C14H16N4O4S. The largest absolute Gasteiger partial charge is 0.446 e. The monoisotopic (exact) mass is 336 g/mol. The second-order valence-corrected chi connectivity index (χ2v) is 7.25. The van der Waals surface area contributed by atoms with Crippen molar-refractivity contribution < 1.29 is 12.8 Å². The van der Waals surface area contributed by atoms with E-state index >= 15 is 0 Å². The lowest BCUT2D eigenvalue weighted by Gasteiger charge is -2.09. The van der Waals surface area contributed by atoms with Crippen LogP contribution in [0.3, 0.4) is 0 Å². The third-order valence-corrected chi connectivity index (χ3v) is 5.12. The van der Waals surface area contributed by atoms with Crippen molar-refractivity contribution in [3.8, 4) is 6.07 Å². The Balaban J connectivity index is 2.43. The number of furan rings is 1. The van der Waals surface area contributed by atoms with Crippen molar-refractivity contribution in [3.05, 3.63) is 45.1 Å². The van der Waals surface area contributed by atoms with E-state index in [1.807, 2.05) is 6.07 Å². The van der Waals surface area contributed by atoms with Gasteiger partial charge in [0.25, 0.3) is 15.6 Å². The smallest absolute Gasteiger partial charge is 0.285 e. The van der Waals surface area contributed by atoms with E-state index < -0.39 is 15.6 Å². The van der Waals surface area contributed by atoms with E-state index in [-0.39, 0.29) is 23.0 Å². The van der Waals surface area contributed by atoms with Gasteiger partial charge in [-0.05, 0) is 31.5 Å². The van der Waals surface area contributed by atoms with E-state index in [0.29, 0.717) is 11.3 Å². The highest BCUT2D eigenvalue weighted by Gasteiger charge is 2.22. The highest BCUT2D eigenvalue weighted by atomic mass is 32.2. The number of hydrogen-bond acceptors (Lipinski definition) is 6.